The van der Waals surface area contributed by atoms with Crippen LogP contribution in [0.3, 0.4) is 0 Å². The lowest BCUT2D eigenvalue weighted by Gasteiger charge is -2.21. The van der Waals surface area contributed by atoms with Crippen LogP contribution in [0.2, 0.25) is 0 Å². The Balaban J connectivity index is 1.61. The Morgan fingerprint density at radius 2 is 1.73 bits per heavy atom. The Hall–Kier alpha value is -4.80. The highest BCUT2D eigenvalue weighted by Gasteiger charge is 2.31. The molecule has 0 atom stereocenters. The average molecular weight is 564 g/mol. The summed E-state index contributed by atoms with van der Waals surface area (Å²) in [6.07, 6.45) is -1.57. The number of aryl methyl sites for hydroxylation is 1. The molecule has 0 aliphatic carbocycles. The summed E-state index contributed by atoms with van der Waals surface area (Å²) in [6, 6.07) is 13.7. The van der Waals surface area contributed by atoms with Crippen molar-refractivity contribution in [3.05, 3.63) is 95.6 Å². The fourth-order valence-electron chi connectivity index (χ4n) is 4.26. The van der Waals surface area contributed by atoms with E-state index in [1.165, 1.54) is 24.4 Å². The van der Waals surface area contributed by atoms with Gasteiger partial charge < -0.3 is 10.1 Å². The number of hydrogen-bond donors (Lipinski definition) is 1. The van der Waals surface area contributed by atoms with E-state index in [4.69, 9.17) is 9.72 Å². The minimum Gasteiger partial charge on any atom is -0.484 e. The summed E-state index contributed by atoms with van der Waals surface area (Å²) >= 11 is 0. The number of halogens is 4. The maximum Gasteiger partial charge on any atom is 0.416 e. The van der Waals surface area contributed by atoms with Crippen LogP contribution in [0.25, 0.3) is 28.2 Å². The van der Waals surface area contributed by atoms with Gasteiger partial charge in [-0.05, 0) is 81.8 Å². The van der Waals surface area contributed by atoms with Crippen molar-refractivity contribution >= 4 is 17.4 Å². The van der Waals surface area contributed by atoms with Gasteiger partial charge in [-0.2, -0.15) is 18.3 Å². The third kappa shape index (κ3) is 5.88. The van der Waals surface area contributed by atoms with Gasteiger partial charge in [-0.25, -0.2) is 18.9 Å². The molecule has 3 aromatic heterocycles. The molecule has 0 aliphatic heterocycles. The minimum atomic E-state index is -4.59. The topological polar surface area (TPSA) is 81.4 Å². The number of fused-ring (bicyclic) bond motifs is 1. The van der Waals surface area contributed by atoms with Gasteiger partial charge in [0.1, 0.15) is 22.9 Å². The largest absolute Gasteiger partial charge is 0.484 e. The molecule has 11 heteroatoms. The molecular weight excluding hydrogens is 538 g/mol. The smallest absolute Gasteiger partial charge is 0.416 e. The van der Waals surface area contributed by atoms with E-state index in [9.17, 15) is 22.4 Å². The second-order valence-corrected chi connectivity index (χ2v) is 10.4. The minimum absolute atomic E-state index is 0.100. The van der Waals surface area contributed by atoms with Crippen LogP contribution in [0.5, 0.6) is 5.75 Å². The van der Waals surface area contributed by atoms with Crippen molar-refractivity contribution in [2.45, 2.75) is 39.5 Å². The third-order valence-electron chi connectivity index (χ3n) is 6.06. The number of nitrogens with one attached hydrogen (secondary N) is 1. The van der Waals surface area contributed by atoms with Crippen LogP contribution in [-0.4, -0.2) is 31.1 Å². The molecule has 2 aromatic carbocycles. The molecule has 7 nitrogen and oxygen atoms in total. The first-order valence-electron chi connectivity index (χ1n) is 12.6. The molecule has 3 heterocycles. The number of nitrogens with zero attached hydrogens (tertiary/aromatic N) is 4. The lowest BCUT2D eigenvalue weighted by atomic mass is 10.0. The molecule has 0 spiro atoms. The first-order chi connectivity index (χ1) is 19.3. The van der Waals surface area contributed by atoms with Gasteiger partial charge in [0.2, 0.25) is 0 Å². The van der Waals surface area contributed by atoms with Crippen LogP contribution in [0.1, 0.15) is 42.3 Å². The maximum absolute atomic E-state index is 14.1. The number of alkyl halides is 3. The number of amides is 1. The highest BCUT2D eigenvalue weighted by molar-refractivity contribution is 6.04. The first-order valence-corrected chi connectivity index (χ1v) is 12.6. The Morgan fingerprint density at radius 3 is 2.44 bits per heavy atom. The highest BCUT2D eigenvalue weighted by Crippen LogP contribution is 2.37. The van der Waals surface area contributed by atoms with Crippen molar-refractivity contribution in [3.8, 4) is 28.3 Å². The van der Waals surface area contributed by atoms with E-state index in [0.717, 1.165) is 12.1 Å². The molecule has 5 aromatic rings. The Morgan fingerprint density at radius 1 is 0.951 bits per heavy atom. The zero-order chi connectivity index (χ0) is 29.5. The predicted molar refractivity (Wildman–Crippen MR) is 146 cm³/mol. The van der Waals surface area contributed by atoms with Crippen molar-refractivity contribution < 1.29 is 27.1 Å². The van der Waals surface area contributed by atoms with Crippen LogP contribution < -0.4 is 10.1 Å². The quantitative estimate of drug-likeness (QED) is 0.226. The van der Waals surface area contributed by atoms with E-state index in [1.54, 1.807) is 48.0 Å². The standard InChI is InChI=1S/C30H25F4N5O2/c1-17-14-18(8-9-22(17)31)25-26(39-27(38-25)23(11-13-36-39)41-29(2,3)4)19-10-12-35-24(16-19)37-28(40)20-6-5-7-21(15-20)30(32,33)34/h5-16H,1-4H3,(H,35,37,40). The van der Waals surface area contributed by atoms with Crippen molar-refractivity contribution in [2.75, 3.05) is 5.32 Å². The normalized spacial score (nSPS) is 12.0. The average Bonchev–Trinajstić information content (AvgIpc) is 3.30. The van der Waals surface area contributed by atoms with E-state index >= 15 is 0 Å². The molecule has 1 amide bonds. The lowest BCUT2D eigenvalue weighted by molar-refractivity contribution is -0.137. The molecule has 0 unspecified atom stereocenters. The van der Waals surface area contributed by atoms with Gasteiger partial charge >= 0.3 is 6.18 Å². The lowest BCUT2D eigenvalue weighted by Crippen LogP contribution is -2.23. The number of benzene rings is 2. The van der Waals surface area contributed by atoms with Crippen LogP contribution in [-0.2, 0) is 6.18 Å². The number of rotatable bonds is 5. The molecule has 5 rings (SSSR count). The van der Waals surface area contributed by atoms with Crippen LogP contribution >= 0.6 is 0 Å². The molecule has 0 aliphatic rings. The zero-order valence-electron chi connectivity index (χ0n) is 22.5. The van der Waals surface area contributed by atoms with Gasteiger partial charge in [-0.15, -0.1) is 0 Å². The molecule has 0 radical (unpaired) electrons. The summed E-state index contributed by atoms with van der Waals surface area (Å²) in [5.41, 5.74) is 1.37. The van der Waals surface area contributed by atoms with Crippen molar-refractivity contribution in [1.82, 2.24) is 19.6 Å². The summed E-state index contributed by atoms with van der Waals surface area (Å²) < 4.78 is 61.3. The number of imidazole rings is 1. The second-order valence-electron chi connectivity index (χ2n) is 10.4. The van der Waals surface area contributed by atoms with E-state index in [1.807, 2.05) is 20.8 Å². The summed E-state index contributed by atoms with van der Waals surface area (Å²) in [4.78, 5) is 21.8. The van der Waals surface area contributed by atoms with E-state index in [-0.39, 0.29) is 17.2 Å². The molecule has 41 heavy (non-hydrogen) atoms. The second kappa shape index (κ2) is 10.3. The van der Waals surface area contributed by atoms with Gasteiger partial charge in [-0.1, -0.05) is 6.07 Å². The van der Waals surface area contributed by atoms with Crippen molar-refractivity contribution in [2.24, 2.45) is 0 Å². The van der Waals surface area contributed by atoms with E-state index in [0.29, 0.717) is 39.5 Å². The SMILES string of the molecule is Cc1cc(-c2nc3c(OC(C)(C)C)ccnn3c2-c2ccnc(NC(=O)c3cccc(C(F)(F)F)c3)c2)ccc1F. The Kier molecular flexibility index (Phi) is 6.98. The summed E-state index contributed by atoms with van der Waals surface area (Å²) in [5, 5.41) is 7.05. The van der Waals surface area contributed by atoms with Crippen molar-refractivity contribution in [1.29, 1.82) is 0 Å². The number of carbonyl (C=O) groups is 1. The summed E-state index contributed by atoms with van der Waals surface area (Å²) in [7, 11) is 0. The van der Waals surface area contributed by atoms with E-state index < -0.39 is 23.2 Å². The molecule has 210 valence electrons. The fourth-order valence-corrected chi connectivity index (χ4v) is 4.26. The van der Waals surface area contributed by atoms with Gasteiger partial charge in [-0.3, -0.25) is 4.79 Å². The Labute approximate surface area is 232 Å². The van der Waals surface area contributed by atoms with Gasteiger partial charge in [0, 0.05) is 29.0 Å². The highest BCUT2D eigenvalue weighted by atomic mass is 19.4. The number of hydrogen-bond acceptors (Lipinski definition) is 5. The number of anilines is 1. The summed E-state index contributed by atoms with van der Waals surface area (Å²) in [5.74, 6) is -0.543. The van der Waals surface area contributed by atoms with Gasteiger partial charge in [0.05, 0.1) is 17.5 Å². The molecule has 1 N–H and O–H groups in total. The fraction of sp³-hybridized carbons (Fsp3) is 0.200. The van der Waals surface area contributed by atoms with Crippen LogP contribution in [0.15, 0.2) is 73.1 Å². The number of aromatic nitrogens is 4. The number of carbonyl (C=O) groups excluding carboxylic acids is 1. The maximum atomic E-state index is 14.1. The van der Waals surface area contributed by atoms with Crippen LogP contribution in [0, 0.1) is 12.7 Å². The molecule has 0 bridgehead atoms. The van der Waals surface area contributed by atoms with Crippen LogP contribution in [0.4, 0.5) is 23.4 Å². The Bertz CT molecular complexity index is 1770. The number of ether oxygens (including phenoxy) is 1. The van der Waals surface area contributed by atoms with Crippen molar-refractivity contribution in [3.63, 3.8) is 0 Å². The molecule has 0 saturated heterocycles. The first kappa shape index (κ1) is 27.8. The monoisotopic (exact) mass is 563 g/mol. The number of pyridine rings is 1. The van der Waals surface area contributed by atoms with Gasteiger partial charge in [0.15, 0.2) is 11.4 Å². The van der Waals surface area contributed by atoms with E-state index in [2.05, 4.69) is 15.4 Å². The molecule has 0 fully saturated rings. The zero-order valence-corrected chi connectivity index (χ0v) is 22.5. The van der Waals surface area contributed by atoms with Gasteiger partial charge in [0.25, 0.3) is 5.91 Å². The summed E-state index contributed by atoms with van der Waals surface area (Å²) in [6.45, 7) is 7.36. The predicted octanol–water partition coefficient (Wildman–Crippen LogP) is 7.35. The molecule has 0 saturated carbocycles. The third-order valence-corrected chi connectivity index (χ3v) is 6.06. The molecular formula is C30H25F4N5O2.